The van der Waals surface area contributed by atoms with Gasteiger partial charge in [0.25, 0.3) is 5.91 Å². The van der Waals surface area contributed by atoms with Gasteiger partial charge < -0.3 is 10.1 Å². The Bertz CT molecular complexity index is 620. The molecule has 0 saturated carbocycles. The molecular formula is C15H13NO2. The molecule has 0 aliphatic carbocycles. The molecule has 3 nitrogen and oxygen atoms in total. The molecule has 0 spiro atoms. The Hall–Kier alpha value is -2.29. The van der Waals surface area contributed by atoms with Crippen LogP contribution in [-0.2, 0) is 6.42 Å². The van der Waals surface area contributed by atoms with Crippen molar-refractivity contribution in [1.29, 1.82) is 0 Å². The first kappa shape index (κ1) is 10.8. The fraction of sp³-hybridized carbons (Fsp3) is 0.133. The van der Waals surface area contributed by atoms with Gasteiger partial charge in [0.15, 0.2) is 0 Å². The number of nitrogens with one attached hydrogen (secondary N) is 1. The highest BCUT2D eigenvalue weighted by Gasteiger charge is 2.19. The number of carbonyl (C=O) groups is 1. The number of methoxy groups -OCH3 is 1. The summed E-state index contributed by atoms with van der Waals surface area (Å²) in [6, 6.07) is 13.5. The Morgan fingerprint density at radius 1 is 1.11 bits per heavy atom. The summed E-state index contributed by atoms with van der Waals surface area (Å²) in [6.07, 6.45) is 0.758. The summed E-state index contributed by atoms with van der Waals surface area (Å²) in [5.74, 6) is 0.628. The van der Waals surface area contributed by atoms with E-state index in [0.29, 0.717) is 11.3 Å². The molecule has 90 valence electrons. The first-order chi connectivity index (χ1) is 8.78. The number of carbonyl (C=O) groups excluding carboxylic acids is 1. The highest BCUT2D eigenvalue weighted by molar-refractivity contribution is 6.07. The van der Waals surface area contributed by atoms with Crippen LogP contribution in [-0.4, -0.2) is 13.0 Å². The highest BCUT2D eigenvalue weighted by Crippen LogP contribution is 2.28. The molecule has 18 heavy (non-hydrogen) atoms. The summed E-state index contributed by atoms with van der Waals surface area (Å²) in [4.78, 5) is 12.2. The molecule has 1 aliphatic rings. The van der Waals surface area contributed by atoms with E-state index in [-0.39, 0.29) is 5.91 Å². The molecule has 3 heteroatoms. The van der Waals surface area contributed by atoms with Crippen molar-refractivity contribution in [2.45, 2.75) is 6.42 Å². The number of fused-ring (bicyclic) bond motifs is 2. The Morgan fingerprint density at radius 3 is 2.78 bits per heavy atom. The monoisotopic (exact) mass is 239 g/mol. The lowest BCUT2D eigenvalue weighted by molar-refractivity contribution is 0.102. The van der Waals surface area contributed by atoms with Gasteiger partial charge in [-0.2, -0.15) is 0 Å². The minimum absolute atomic E-state index is 0.0751. The smallest absolute Gasteiger partial charge is 0.256 e. The molecule has 0 fully saturated rings. The van der Waals surface area contributed by atoms with Gasteiger partial charge in [-0.15, -0.1) is 0 Å². The average molecular weight is 239 g/mol. The normalized spacial score (nSPS) is 13.1. The van der Waals surface area contributed by atoms with Gasteiger partial charge >= 0.3 is 0 Å². The van der Waals surface area contributed by atoms with Crippen LogP contribution in [0.4, 0.5) is 5.69 Å². The maximum Gasteiger partial charge on any atom is 0.256 e. The van der Waals surface area contributed by atoms with E-state index >= 15 is 0 Å². The number of benzene rings is 2. The zero-order valence-electron chi connectivity index (χ0n) is 10.1. The van der Waals surface area contributed by atoms with Gasteiger partial charge in [-0.3, -0.25) is 4.79 Å². The second kappa shape index (κ2) is 4.18. The van der Waals surface area contributed by atoms with Crippen molar-refractivity contribution in [2.24, 2.45) is 0 Å². The van der Waals surface area contributed by atoms with E-state index in [1.165, 1.54) is 0 Å². The van der Waals surface area contributed by atoms with Gasteiger partial charge in [-0.05, 0) is 29.3 Å². The molecule has 0 radical (unpaired) electrons. The van der Waals surface area contributed by atoms with Crippen LogP contribution in [0.1, 0.15) is 21.5 Å². The van der Waals surface area contributed by atoms with Gasteiger partial charge in [0.1, 0.15) is 5.75 Å². The SMILES string of the molecule is COc1ccc2c(c1)C(=O)Nc1ccccc1C2. The van der Waals surface area contributed by atoms with Gasteiger partial charge in [-0.1, -0.05) is 24.3 Å². The Kier molecular flexibility index (Phi) is 2.52. The first-order valence-corrected chi connectivity index (χ1v) is 5.84. The third-order valence-corrected chi connectivity index (χ3v) is 3.21. The number of hydrogen-bond acceptors (Lipinski definition) is 2. The van der Waals surface area contributed by atoms with Crippen LogP contribution < -0.4 is 10.1 Å². The predicted octanol–water partition coefficient (Wildman–Crippen LogP) is 2.85. The van der Waals surface area contributed by atoms with E-state index in [9.17, 15) is 4.79 Å². The Labute approximate surface area is 105 Å². The molecule has 3 rings (SSSR count). The van der Waals surface area contributed by atoms with Gasteiger partial charge in [0.05, 0.1) is 7.11 Å². The number of amides is 1. The van der Waals surface area contributed by atoms with Crippen LogP contribution in [0.5, 0.6) is 5.75 Å². The Morgan fingerprint density at radius 2 is 1.94 bits per heavy atom. The molecule has 0 saturated heterocycles. The lowest BCUT2D eigenvalue weighted by atomic mass is 10.0. The third-order valence-electron chi connectivity index (χ3n) is 3.21. The summed E-state index contributed by atoms with van der Waals surface area (Å²) >= 11 is 0. The molecule has 0 unspecified atom stereocenters. The van der Waals surface area contributed by atoms with Gasteiger partial charge in [-0.25, -0.2) is 0 Å². The molecule has 0 bridgehead atoms. The largest absolute Gasteiger partial charge is 0.497 e. The standard InChI is InChI=1S/C15H13NO2/c1-18-12-7-6-10-8-11-4-2-3-5-14(11)16-15(17)13(10)9-12/h2-7,9H,8H2,1H3,(H,16,17). The maximum atomic E-state index is 12.2. The highest BCUT2D eigenvalue weighted by atomic mass is 16.5. The zero-order chi connectivity index (χ0) is 12.5. The van der Waals surface area contributed by atoms with E-state index < -0.39 is 0 Å². The van der Waals surface area contributed by atoms with Crippen molar-refractivity contribution < 1.29 is 9.53 Å². The molecule has 1 heterocycles. The van der Waals surface area contributed by atoms with Crippen molar-refractivity contribution in [1.82, 2.24) is 0 Å². The maximum absolute atomic E-state index is 12.2. The number of ether oxygens (including phenoxy) is 1. The van der Waals surface area contributed by atoms with Crippen molar-refractivity contribution in [3.63, 3.8) is 0 Å². The molecule has 2 aromatic carbocycles. The number of rotatable bonds is 1. The molecule has 0 aromatic heterocycles. The lowest BCUT2D eigenvalue weighted by Gasteiger charge is -2.06. The van der Waals surface area contributed by atoms with Crippen LogP contribution in [0, 0.1) is 0 Å². The second-order valence-electron chi connectivity index (χ2n) is 4.31. The predicted molar refractivity (Wildman–Crippen MR) is 70.2 cm³/mol. The summed E-state index contributed by atoms with van der Waals surface area (Å²) in [5, 5.41) is 2.94. The van der Waals surface area contributed by atoms with Crippen LogP contribution in [0.3, 0.4) is 0 Å². The summed E-state index contributed by atoms with van der Waals surface area (Å²) < 4.78 is 5.17. The summed E-state index contributed by atoms with van der Waals surface area (Å²) in [5.41, 5.74) is 3.73. The van der Waals surface area contributed by atoms with E-state index in [1.807, 2.05) is 36.4 Å². The van der Waals surface area contributed by atoms with Crippen molar-refractivity contribution in [3.05, 3.63) is 59.2 Å². The van der Waals surface area contributed by atoms with E-state index in [1.54, 1.807) is 13.2 Å². The molecular weight excluding hydrogens is 226 g/mol. The summed E-state index contributed by atoms with van der Waals surface area (Å²) in [6.45, 7) is 0. The van der Waals surface area contributed by atoms with E-state index in [2.05, 4.69) is 5.32 Å². The quantitative estimate of drug-likeness (QED) is 0.831. The van der Waals surface area contributed by atoms with Crippen LogP contribution in [0.15, 0.2) is 42.5 Å². The molecule has 1 aliphatic heterocycles. The minimum atomic E-state index is -0.0751. The number of anilines is 1. The lowest BCUT2D eigenvalue weighted by Crippen LogP contribution is -2.11. The van der Waals surface area contributed by atoms with Gasteiger partial charge in [0.2, 0.25) is 0 Å². The average Bonchev–Trinajstić information content (AvgIpc) is 2.54. The Balaban J connectivity index is 2.13. The molecule has 1 amide bonds. The van der Waals surface area contributed by atoms with Crippen LogP contribution in [0.25, 0.3) is 0 Å². The van der Waals surface area contributed by atoms with Crippen molar-refractivity contribution in [2.75, 3.05) is 12.4 Å². The zero-order valence-corrected chi connectivity index (χ0v) is 10.1. The molecule has 0 atom stereocenters. The number of para-hydroxylation sites is 1. The molecule has 2 aromatic rings. The number of hydrogen-bond donors (Lipinski definition) is 1. The van der Waals surface area contributed by atoms with Crippen molar-refractivity contribution in [3.8, 4) is 5.75 Å². The summed E-state index contributed by atoms with van der Waals surface area (Å²) in [7, 11) is 1.60. The molecule has 1 N–H and O–H groups in total. The second-order valence-corrected chi connectivity index (χ2v) is 4.31. The van der Waals surface area contributed by atoms with Crippen molar-refractivity contribution >= 4 is 11.6 Å². The van der Waals surface area contributed by atoms with Gasteiger partial charge in [0, 0.05) is 17.7 Å². The van der Waals surface area contributed by atoms with Crippen LogP contribution >= 0.6 is 0 Å². The topological polar surface area (TPSA) is 38.3 Å². The third kappa shape index (κ3) is 1.74. The fourth-order valence-electron chi connectivity index (χ4n) is 2.24. The van der Waals surface area contributed by atoms with Crippen LogP contribution in [0.2, 0.25) is 0 Å². The first-order valence-electron chi connectivity index (χ1n) is 5.84. The minimum Gasteiger partial charge on any atom is -0.497 e. The van der Waals surface area contributed by atoms with E-state index in [0.717, 1.165) is 23.2 Å². The fourth-order valence-corrected chi connectivity index (χ4v) is 2.24. The van der Waals surface area contributed by atoms with E-state index in [4.69, 9.17) is 4.74 Å².